The summed E-state index contributed by atoms with van der Waals surface area (Å²) >= 11 is 0. The highest BCUT2D eigenvalue weighted by atomic mass is 16.2. The summed E-state index contributed by atoms with van der Waals surface area (Å²) < 4.78 is 0. The molecule has 3 unspecified atom stereocenters. The summed E-state index contributed by atoms with van der Waals surface area (Å²) in [6, 6.07) is 10.9. The van der Waals surface area contributed by atoms with Crippen molar-refractivity contribution in [3.05, 3.63) is 30.3 Å². The highest BCUT2D eigenvalue weighted by molar-refractivity contribution is 5.90. The number of para-hydroxylation sites is 1. The lowest BCUT2D eigenvalue weighted by atomic mass is 9.93. The number of carbonyl (C=O) groups excluding carboxylic acids is 2. The van der Waals surface area contributed by atoms with Gasteiger partial charge < -0.3 is 20.4 Å². The number of fused-ring (bicyclic) bond motifs is 2. The topological polar surface area (TPSA) is 64.7 Å². The number of piperidine rings is 2. The predicted octanol–water partition coefficient (Wildman–Crippen LogP) is 2.67. The summed E-state index contributed by atoms with van der Waals surface area (Å²) in [4.78, 5) is 29.5. The summed E-state index contributed by atoms with van der Waals surface area (Å²) in [6.45, 7) is 1.23. The zero-order valence-electron chi connectivity index (χ0n) is 16.1. The Hall–Kier alpha value is -2.08. The number of urea groups is 1. The Kier molecular flexibility index (Phi) is 5.34. The fraction of sp³-hybridized carbons (Fsp3) is 0.619. The molecule has 0 aromatic heterocycles. The van der Waals surface area contributed by atoms with E-state index in [0.29, 0.717) is 31.2 Å². The van der Waals surface area contributed by atoms with Gasteiger partial charge in [-0.15, -0.1) is 0 Å². The largest absolute Gasteiger partial charge is 0.342 e. The van der Waals surface area contributed by atoms with Gasteiger partial charge in [0.1, 0.15) is 0 Å². The van der Waals surface area contributed by atoms with Crippen molar-refractivity contribution in [3.63, 3.8) is 0 Å². The molecule has 3 amide bonds. The molecule has 3 saturated heterocycles. The third kappa shape index (κ3) is 4.10. The maximum Gasteiger partial charge on any atom is 0.321 e. The maximum absolute atomic E-state index is 13.1. The average Bonchev–Trinajstić information content (AvgIpc) is 3.05. The van der Waals surface area contributed by atoms with Crippen molar-refractivity contribution in [1.29, 1.82) is 0 Å². The molecule has 0 spiro atoms. The molecule has 3 atom stereocenters. The number of nitrogens with zero attached hydrogens (tertiary/aromatic N) is 2. The highest BCUT2D eigenvalue weighted by Crippen LogP contribution is 2.30. The number of benzene rings is 1. The van der Waals surface area contributed by atoms with Crippen LogP contribution in [0.5, 0.6) is 0 Å². The minimum absolute atomic E-state index is 0.0854. The smallest absolute Gasteiger partial charge is 0.321 e. The van der Waals surface area contributed by atoms with Crippen LogP contribution in [0.3, 0.4) is 0 Å². The molecule has 3 aliphatic rings. The van der Waals surface area contributed by atoms with Crippen LogP contribution < -0.4 is 10.6 Å². The van der Waals surface area contributed by atoms with Gasteiger partial charge in [-0.1, -0.05) is 18.2 Å². The van der Waals surface area contributed by atoms with E-state index in [1.807, 2.05) is 42.3 Å². The van der Waals surface area contributed by atoms with E-state index in [1.54, 1.807) is 4.90 Å². The zero-order valence-corrected chi connectivity index (χ0v) is 16.1. The summed E-state index contributed by atoms with van der Waals surface area (Å²) in [7, 11) is 1.96. The van der Waals surface area contributed by atoms with Gasteiger partial charge in [-0.3, -0.25) is 4.79 Å². The van der Waals surface area contributed by atoms with Crippen molar-refractivity contribution in [3.8, 4) is 0 Å². The third-order valence-corrected chi connectivity index (χ3v) is 6.43. The molecule has 2 bridgehead atoms. The molecule has 3 aliphatic heterocycles. The zero-order chi connectivity index (χ0) is 18.8. The van der Waals surface area contributed by atoms with E-state index in [9.17, 15) is 9.59 Å². The Balaban J connectivity index is 1.34. The first-order valence-electron chi connectivity index (χ1n) is 10.2. The second-order valence-corrected chi connectivity index (χ2v) is 8.29. The predicted molar refractivity (Wildman–Crippen MR) is 105 cm³/mol. The van der Waals surface area contributed by atoms with E-state index >= 15 is 0 Å². The summed E-state index contributed by atoms with van der Waals surface area (Å²) in [5, 5.41) is 6.58. The lowest BCUT2D eigenvalue weighted by Gasteiger charge is -2.39. The van der Waals surface area contributed by atoms with Gasteiger partial charge in [0.25, 0.3) is 0 Å². The van der Waals surface area contributed by atoms with E-state index in [4.69, 9.17) is 0 Å². The molecule has 4 rings (SSSR count). The van der Waals surface area contributed by atoms with Crippen LogP contribution in [0.15, 0.2) is 30.3 Å². The van der Waals surface area contributed by atoms with Gasteiger partial charge in [0, 0.05) is 44.0 Å². The van der Waals surface area contributed by atoms with Crippen molar-refractivity contribution in [2.45, 2.75) is 56.7 Å². The quantitative estimate of drug-likeness (QED) is 0.860. The first-order valence-corrected chi connectivity index (χ1v) is 10.2. The Morgan fingerprint density at radius 3 is 2.52 bits per heavy atom. The Morgan fingerprint density at radius 1 is 1.11 bits per heavy atom. The minimum Gasteiger partial charge on any atom is -0.342 e. The van der Waals surface area contributed by atoms with Crippen LogP contribution in [0.25, 0.3) is 0 Å². The van der Waals surface area contributed by atoms with Crippen LogP contribution in [-0.4, -0.2) is 60.0 Å². The van der Waals surface area contributed by atoms with E-state index in [1.165, 1.54) is 12.8 Å². The highest BCUT2D eigenvalue weighted by Gasteiger charge is 2.38. The van der Waals surface area contributed by atoms with Gasteiger partial charge in [0.2, 0.25) is 5.91 Å². The molecular formula is C21H30N4O2. The molecule has 6 nitrogen and oxygen atoms in total. The number of hydrogen-bond acceptors (Lipinski definition) is 3. The van der Waals surface area contributed by atoms with Crippen molar-refractivity contribution in [1.82, 2.24) is 15.1 Å². The van der Waals surface area contributed by atoms with Crippen LogP contribution in [-0.2, 0) is 4.79 Å². The lowest BCUT2D eigenvalue weighted by Crippen LogP contribution is -2.52. The van der Waals surface area contributed by atoms with Crippen molar-refractivity contribution in [2.24, 2.45) is 5.92 Å². The number of amides is 3. The fourth-order valence-electron chi connectivity index (χ4n) is 4.90. The third-order valence-electron chi connectivity index (χ3n) is 6.43. The Bertz CT molecular complexity index is 668. The average molecular weight is 370 g/mol. The van der Waals surface area contributed by atoms with Crippen molar-refractivity contribution < 1.29 is 9.59 Å². The van der Waals surface area contributed by atoms with Gasteiger partial charge in [0.05, 0.1) is 5.92 Å². The van der Waals surface area contributed by atoms with Gasteiger partial charge in [-0.05, 0) is 50.7 Å². The van der Waals surface area contributed by atoms with E-state index in [2.05, 4.69) is 10.6 Å². The molecule has 2 N–H and O–H groups in total. The molecule has 3 heterocycles. The molecule has 1 aromatic carbocycles. The van der Waals surface area contributed by atoms with Crippen LogP contribution in [0, 0.1) is 5.92 Å². The first-order chi connectivity index (χ1) is 13.1. The van der Waals surface area contributed by atoms with Crippen LogP contribution in [0.1, 0.15) is 38.5 Å². The molecule has 27 heavy (non-hydrogen) atoms. The number of likely N-dealkylation sites (tertiary alicyclic amines) is 1. The molecule has 3 fully saturated rings. The summed E-state index contributed by atoms with van der Waals surface area (Å²) in [5.41, 5.74) is 0.790. The molecule has 0 radical (unpaired) electrons. The van der Waals surface area contributed by atoms with Crippen molar-refractivity contribution >= 4 is 17.6 Å². The van der Waals surface area contributed by atoms with Gasteiger partial charge in [-0.25, -0.2) is 4.79 Å². The maximum atomic E-state index is 13.1. The molecule has 1 aromatic rings. The number of nitrogens with one attached hydrogen (secondary N) is 2. The molecule has 0 saturated carbocycles. The van der Waals surface area contributed by atoms with Gasteiger partial charge in [-0.2, -0.15) is 0 Å². The van der Waals surface area contributed by atoms with Crippen LogP contribution in [0.2, 0.25) is 0 Å². The van der Waals surface area contributed by atoms with Crippen LogP contribution in [0.4, 0.5) is 10.5 Å². The Labute approximate surface area is 161 Å². The standard InChI is InChI=1S/C21H30N4O2/c1-24(19-12-17-9-10-18(13-19)22-17)20(26)15-6-5-11-25(14-15)21(27)23-16-7-3-2-4-8-16/h2-4,7-8,15,17-19,22H,5-6,9-14H2,1H3,(H,23,27). The Morgan fingerprint density at radius 2 is 1.81 bits per heavy atom. The number of hydrogen-bond donors (Lipinski definition) is 2. The summed E-state index contributed by atoms with van der Waals surface area (Å²) in [6.07, 6.45) is 6.34. The number of rotatable bonds is 3. The van der Waals surface area contributed by atoms with Gasteiger partial charge in [0.15, 0.2) is 0 Å². The fourth-order valence-corrected chi connectivity index (χ4v) is 4.90. The van der Waals surface area contributed by atoms with Crippen LogP contribution >= 0.6 is 0 Å². The van der Waals surface area contributed by atoms with E-state index in [-0.39, 0.29) is 17.9 Å². The first kappa shape index (κ1) is 18.3. The number of anilines is 1. The molecule has 146 valence electrons. The van der Waals surface area contributed by atoms with E-state index in [0.717, 1.165) is 31.4 Å². The normalized spacial score (nSPS) is 30.0. The second-order valence-electron chi connectivity index (χ2n) is 8.29. The monoisotopic (exact) mass is 370 g/mol. The lowest BCUT2D eigenvalue weighted by molar-refractivity contribution is -0.138. The molecule has 6 heteroatoms. The molecular weight excluding hydrogens is 340 g/mol. The SMILES string of the molecule is CN(C(=O)C1CCCN(C(=O)Nc2ccccc2)C1)C1CC2CCC(C1)N2. The summed E-state index contributed by atoms with van der Waals surface area (Å²) in [5.74, 6) is 0.122. The van der Waals surface area contributed by atoms with Gasteiger partial charge >= 0.3 is 6.03 Å². The number of carbonyl (C=O) groups is 2. The van der Waals surface area contributed by atoms with E-state index < -0.39 is 0 Å². The van der Waals surface area contributed by atoms with Crippen molar-refractivity contribution in [2.75, 3.05) is 25.5 Å². The minimum atomic E-state index is -0.110. The molecule has 0 aliphatic carbocycles. The second kappa shape index (κ2) is 7.89.